The van der Waals surface area contributed by atoms with Crippen LogP contribution in [0.2, 0.25) is 0 Å². The largest absolute Gasteiger partial charge is 0.477 e. The zero-order chi connectivity index (χ0) is 13.6. The fraction of sp³-hybridized carbons (Fsp3) is 0.333. The molecule has 2 aliphatic rings. The average molecular weight is 296 g/mol. The number of thiophene rings is 1. The van der Waals surface area contributed by atoms with E-state index in [0.29, 0.717) is 12.2 Å². The number of nitrogens with two attached hydrogens (primary N) is 1. The van der Waals surface area contributed by atoms with Crippen LogP contribution in [0.25, 0.3) is 0 Å². The van der Waals surface area contributed by atoms with Gasteiger partial charge in [0.2, 0.25) is 5.91 Å². The summed E-state index contributed by atoms with van der Waals surface area (Å²) in [5, 5.41) is 11.1. The molecule has 2 aliphatic heterocycles. The second kappa shape index (κ2) is 4.66. The van der Waals surface area contributed by atoms with Gasteiger partial charge < -0.3 is 10.8 Å². The van der Waals surface area contributed by atoms with E-state index in [1.165, 1.54) is 16.7 Å². The number of carbonyl (C=O) groups excluding carboxylic acids is 1. The van der Waals surface area contributed by atoms with Gasteiger partial charge in [0.05, 0.1) is 0 Å². The number of carbonyl (C=O) groups is 2. The SMILES string of the molecule is N[C@@H]1C(=O)N2C(C(=O)O)=C(Cc3cccs3)CS[C@H]12. The number of nitrogens with zero attached hydrogens (tertiary/aromatic N) is 1. The first kappa shape index (κ1) is 12.7. The Bertz CT molecular complexity index is 568. The predicted octanol–water partition coefficient (Wildman–Crippen LogP) is 0.872. The Morgan fingerprint density at radius 2 is 2.37 bits per heavy atom. The number of β-lactam (4-membered cyclic amide) rings is 1. The van der Waals surface area contributed by atoms with Crippen LogP contribution in [0.1, 0.15) is 4.88 Å². The van der Waals surface area contributed by atoms with Crippen molar-refractivity contribution >= 4 is 35.0 Å². The summed E-state index contributed by atoms with van der Waals surface area (Å²) in [6.45, 7) is 0. The number of carboxylic acid groups (broad SMARTS) is 1. The Morgan fingerprint density at radius 3 is 3.00 bits per heavy atom. The fourth-order valence-electron chi connectivity index (χ4n) is 2.34. The van der Waals surface area contributed by atoms with Gasteiger partial charge in [-0.25, -0.2) is 4.79 Å². The van der Waals surface area contributed by atoms with Crippen LogP contribution >= 0.6 is 23.1 Å². The topological polar surface area (TPSA) is 83.6 Å². The van der Waals surface area contributed by atoms with Crippen molar-refractivity contribution in [3.05, 3.63) is 33.7 Å². The van der Waals surface area contributed by atoms with Crippen molar-refractivity contribution in [2.45, 2.75) is 17.8 Å². The van der Waals surface area contributed by atoms with Crippen LogP contribution in [0, 0.1) is 0 Å². The third kappa shape index (κ3) is 1.98. The first-order chi connectivity index (χ1) is 9.09. The first-order valence-corrected chi connectivity index (χ1v) is 7.70. The number of thioether (sulfide) groups is 1. The maximum atomic E-state index is 11.8. The molecule has 3 N–H and O–H groups in total. The van der Waals surface area contributed by atoms with E-state index < -0.39 is 12.0 Å². The van der Waals surface area contributed by atoms with Crippen molar-refractivity contribution < 1.29 is 14.7 Å². The summed E-state index contributed by atoms with van der Waals surface area (Å²) in [6, 6.07) is 3.34. The van der Waals surface area contributed by atoms with Gasteiger partial charge >= 0.3 is 5.97 Å². The van der Waals surface area contributed by atoms with E-state index in [4.69, 9.17) is 5.73 Å². The summed E-state index contributed by atoms with van der Waals surface area (Å²) in [7, 11) is 0. The molecule has 0 aliphatic carbocycles. The van der Waals surface area contributed by atoms with E-state index in [0.717, 1.165) is 10.5 Å². The lowest BCUT2D eigenvalue weighted by molar-refractivity contribution is -0.148. The predicted molar refractivity (Wildman–Crippen MR) is 73.8 cm³/mol. The Balaban J connectivity index is 1.95. The van der Waals surface area contributed by atoms with Gasteiger partial charge in [-0.05, 0) is 17.0 Å². The Hall–Kier alpha value is -1.31. The minimum absolute atomic E-state index is 0.129. The Kier molecular flexibility index (Phi) is 3.12. The zero-order valence-corrected chi connectivity index (χ0v) is 11.5. The van der Waals surface area contributed by atoms with E-state index in [1.807, 2.05) is 17.5 Å². The first-order valence-electron chi connectivity index (χ1n) is 5.77. The lowest BCUT2D eigenvalue weighted by Crippen LogP contribution is -2.68. The van der Waals surface area contributed by atoms with Crippen LogP contribution in [0.5, 0.6) is 0 Å². The van der Waals surface area contributed by atoms with Crippen LogP contribution in [0.15, 0.2) is 28.8 Å². The van der Waals surface area contributed by atoms with Crippen LogP contribution in [0.3, 0.4) is 0 Å². The second-order valence-corrected chi connectivity index (χ2v) is 6.59. The highest BCUT2D eigenvalue weighted by Crippen LogP contribution is 2.40. The molecule has 7 heteroatoms. The number of amides is 1. The number of hydrogen-bond acceptors (Lipinski definition) is 5. The molecule has 3 rings (SSSR count). The molecule has 3 heterocycles. The van der Waals surface area contributed by atoms with Crippen molar-refractivity contribution in [1.29, 1.82) is 0 Å². The molecule has 0 spiro atoms. The molecular formula is C12H12N2O3S2. The molecule has 5 nitrogen and oxygen atoms in total. The number of fused-ring (bicyclic) bond motifs is 1. The summed E-state index contributed by atoms with van der Waals surface area (Å²) in [6.07, 6.45) is 0.581. The monoisotopic (exact) mass is 296 g/mol. The number of rotatable bonds is 3. The third-order valence-electron chi connectivity index (χ3n) is 3.26. The molecule has 1 aromatic heterocycles. The van der Waals surface area contributed by atoms with Gasteiger partial charge in [-0.2, -0.15) is 0 Å². The molecule has 1 aromatic rings. The Morgan fingerprint density at radius 1 is 1.58 bits per heavy atom. The molecule has 19 heavy (non-hydrogen) atoms. The highest BCUT2D eigenvalue weighted by Gasteiger charge is 2.51. The number of hydrogen-bond donors (Lipinski definition) is 2. The third-order valence-corrected chi connectivity index (χ3v) is 5.50. The summed E-state index contributed by atoms with van der Waals surface area (Å²) in [5.41, 5.74) is 6.61. The summed E-state index contributed by atoms with van der Waals surface area (Å²) in [5.74, 6) is -0.725. The van der Waals surface area contributed by atoms with E-state index in [9.17, 15) is 14.7 Å². The molecule has 2 atom stereocenters. The van der Waals surface area contributed by atoms with Gasteiger partial charge in [0.25, 0.3) is 0 Å². The normalized spacial score (nSPS) is 26.2. The van der Waals surface area contributed by atoms with Gasteiger partial charge in [0.1, 0.15) is 17.1 Å². The number of carboxylic acids is 1. The van der Waals surface area contributed by atoms with Crippen LogP contribution in [-0.2, 0) is 16.0 Å². The Labute approximate surface area is 118 Å². The van der Waals surface area contributed by atoms with Gasteiger partial charge in [0, 0.05) is 17.1 Å². The molecule has 1 saturated heterocycles. The molecule has 0 aromatic carbocycles. The van der Waals surface area contributed by atoms with Crippen molar-refractivity contribution in [2.75, 3.05) is 5.75 Å². The van der Waals surface area contributed by atoms with Crippen molar-refractivity contribution in [1.82, 2.24) is 4.90 Å². The standard InChI is InChI=1S/C12H12N2O3S2/c13-8-10(15)14-9(12(16)17)6(5-19-11(8)14)4-7-2-1-3-18-7/h1-3,8,11H,4-5,13H2,(H,16,17)/t8-,11-/m1/s1. The van der Waals surface area contributed by atoms with Crippen molar-refractivity contribution in [3.63, 3.8) is 0 Å². The van der Waals surface area contributed by atoms with E-state index in [-0.39, 0.29) is 17.0 Å². The van der Waals surface area contributed by atoms with Crippen molar-refractivity contribution in [3.8, 4) is 0 Å². The lowest BCUT2D eigenvalue weighted by Gasteiger charge is -2.48. The van der Waals surface area contributed by atoms with Crippen molar-refractivity contribution in [2.24, 2.45) is 5.73 Å². The van der Waals surface area contributed by atoms with Crippen LogP contribution in [-0.4, -0.2) is 39.1 Å². The summed E-state index contributed by atoms with van der Waals surface area (Å²) >= 11 is 3.13. The van der Waals surface area contributed by atoms with E-state index >= 15 is 0 Å². The van der Waals surface area contributed by atoms with Gasteiger partial charge in [-0.1, -0.05) is 6.07 Å². The molecule has 1 amide bonds. The van der Waals surface area contributed by atoms with Gasteiger partial charge in [0.15, 0.2) is 0 Å². The van der Waals surface area contributed by atoms with E-state index in [1.54, 1.807) is 11.3 Å². The lowest BCUT2D eigenvalue weighted by atomic mass is 10.0. The zero-order valence-electron chi connectivity index (χ0n) is 9.91. The maximum absolute atomic E-state index is 11.8. The highest BCUT2D eigenvalue weighted by molar-refractivity contribution is 8.00. The summed E-state index contributed by atoms with van der Waals surface area (Å²) < 4.78 is 0. The molecule has 0 unspecified atom stereocenters. The highest BCUT2D eigenvalue weighted by atomic mass is 32.2. The minimum atomic E-state index is -1.04. The number of aliphatic carboxylic acids is 1. The van der Waals surface area contributed by atoms with E-state index in [2.05, 4.69) is 0 Å². The van der Waals surface area contributed by atoms with Crippen LogP contribution in [0.4, 0.5) is 0 Å². The average Bonchev–Trinajstić information content (AvgIpc) is 2.89. The molecule has 0 saturated carbocycles. The quantitative estimate of drug-likeness (QED) is 0.809. The smallest absolute Gasteiger partial charge is 0.352 e. The molecular weight excluding hydrogens is 284 g/mol. The van der Waals surface area contributed by atoms with Crippen LogP contribution < -0.4 is 5.73 Å². The maximum Gasteiger partial charge on any atom is 0.352 e. The minimum Gasteiger partial charge on any atom is -0.477 e. The second-order valence-electron chi connectivity index (χ2n) is 4.45. The molecule has 0 radical (unpaired) electrons. The van der Waals surface area contributed by atoms with Gasteiger partial charge in [-0.15, -0.1) is 23.1 Å². The fourth-order valence-corrected chi connectivity index (χ4v) is 4.38. The molecule has 1 fully saturated rings. The molecule has 0 bridgehead atoms. The van der Waals surface area contributed by atoms with Gasteiger partial charge in [-0.3, -0.25) is 9.69 Å². The molecule has 100 valence electrons. The summed E-state index contributed by atoms with van der Waals surface area (Å²) in [4.78, 5) is 25.6.